The van der Waals surface area contributed by atoms with Crippen molar-refractivity contribution in [1.82, 2.24) is 20.6 Å². The first-order valence-electron chi connectivity index (χ1n) is 10.8. The second kappa shape index (κ2) is 11.6. The van der Waals surface area contributed by atoms with Gasteiger partial charge in [0.1, 0.15) is 17.5 Å². The number of carbonyl (C=O) groups is 1. The number of amides is 1. The fraction of sp³-hybridized carbons (Fsp3) is 0.320. The van der Waals surface area contributed by atoms with Crippen LogP contribution in [0.4, 0.5) is 8.78 Å². The van der Waals surface area contributed by atoms with Crippen molar-refractivity contribution in [3.05, 3.63) is 94.6 Å². The number of aromatic nitrogens is 2. The number of nitrogens with zero attached hydrogens (tertiary/aromatic N) is 2. The molecule has 2 atom stereocenters. The molecule has 0 saturated carbocycles. The van der Waals surface area contributed by atoms with Crippen LogP contribution in [0.1, 0.15) is 39.8 Å². The average Bonchev–Trinajstić information content (AvgIpc) is 2.78. The molecule has 0 aliphatic carbocycles. The highest BCUT2D eigenvalue weighted by Gasteiger charge is 2.23. The number of halogens is 2. The predicted molar refractivity (Wildman–Crippen MR) is 122 cm³/mol. The molecule has 2 aromatic carbocycles. The largest absolute Gasteiger partial charge is 0.390 e. The molecular formula is C25H28F2N4O2. The third-order valence-corrected chi connectivity index (χ3v) is 5.28. The topological polar surface area (TPSA) is 87.1 Å². The maximum Gasteiger partial charge on any atom is 0.254 e. The minimum Gasteiger partial charge on any atom is -0.390 e. The lowest BCUT2D eigenvalue weighted by Crippen LogP contribution is -2.48. The van der Waals surface area contributed by atoms with Gasteiger partial charge < -0.3 is 15.7 Å². The van der Waals surface area contributed by atoms with Crippen molar-refractivity contribution in [3.63, 3.8) is 0 Å². The number of hydrogen-bond acceptors (Lipinski definition) is 5. The lowest BCUT2D eigenvalue weighted by molar-refractivity contribution is 0.0829. The minimum atomic E-state index is -1.01. The summed E-state index contributed by atoms with van der Waals surface area (Å²) in [4.78, 5) is 20.7. The zero-order valence-electron chi connectivity index (χ0n) is 18.7. The lowest BCUT2D eigenvalue weighted by Gasteiger charge is -2.25. The quantitative estimate of drug-likeness (QED) is 0.438. The Labute approximate surface area is 192 Å². The van der Waals surface area contributed by atoms with Gasteiger partial charge in [0.25, 0.3) is 5.91 Å². The van der Waals surface area contributed by atoms with Crippen molar-refractivity contribution >= 4 is 5.91 Å². The van der Waals surface area contributed by atoms with Gasteiger partial charge in [-0.05, 0) is 48.6 Å². The van der Waals surface area contributed by atoms with Crippen LogP contribution in [0.3, 0.4) is 0 Å². The van der Waals surface area contributed by atoms with Crippen LogP contribution in [0, 0.1) is 18.6 Å². The number of benzene rings is 2. The van der Waals surface area contributed by atoms with E-state index in [0.717, 1.165) is 18.1 Å². The summed E-state index contributed by atoms with van der Waals surface area (Å²) in [6, 6.07) is 10.5. The molecule has 8 heteroatoms. The van der Waals surface area contributed by atoms with Gasteiger partial charge in [-0.15, -0.1) is 0 Å². The summed E-state index contributed by atoms with van der Waals surface area (Å²) in [6.45, 7) is 4.49. The Hall–Kier alpha value is -3.23. The van der Waals surface area contributed by atoms with Crippen LogP contribution in [-0.2, 0) is 19.4 Å². The van der Waals surface area contributed by atoms with Crippen molar-refractivity contribution in [2.24, 2.45) is 0 Å². The monoisotopic (exact) mass is 454 g/mol. The summed E-state index contributed by atoms with van der Waals surface area (Å²) in [7, 11) is 0. The van der Waals surface area contributed by atoms with E-state index in [1.54, 1.807) is 6.92 Å². The SMILES string of the molecule is CCc1cccc(CNCC(O)C(Cc2cc(F)cc(F)c2)NC(=O)c2cnc(C)nc2)c1. The molecule has 0 spiro atoms. The first kappa shape index (κ1) is 24.4. The van der Waals surface area contributed by atoms with Gasteiger partial charge in [0.15, 0.2) is 0 Å². The Balaban J connectivity index is 1.70. The standard InChI is InChI=1S/C25H28F2N4O2/c1-3-17-5-4-6-18(7-17)12-28-15-24(32)23(10-19-8-21(26)11-22(27)9-19)31-25(33)20-13-29-16(2)30-14-20/h4-9,11,13-14,23-24,28,32H,3,10,12,15H2,1-2H3,(H,31,33). The van der Waals surface area contributed by atoms with Crippen LogP contribution < -0.4 is 10.6 Å². The van der Waals surface area contributed by atoms with Gasteiger partial charge in [-0.25, -0.2) is 18.7 Å². The van der Waals surface area contributed by atoms with E-state index in [0.29, 0.717) is 17.9 Å². The number of hydrogen-bond donors (Lipinski definition) is 3. The molecule has 1 amide bonds. The van der Waals surface area contributed by atoms with E-state index < -0.39 is 29.7 Å². The van der Waals surface area contributed by atoms with Gasteiger partial charge in [-0.3, -0.25) is 4.79 Å². The van der Waals surface area contributed by atoms with Gasteiger partial charge >= 0.3 is 0 Å². The molecule has 0 fully saturated rings. The second-order valence-corrected chi connectivity index (χ2v) is 7.95. The maximum absolute atomic E-state index is 13.7. The van der Waals surface area contributed by atoms with Crippen molar-refractivity contribution in [2.75, 3.05) is 6.54 Å². The van der Waals surface area contributed by atoms with Crippen molar-refractivity contribution in [2.45, 2.75) is 45.4 Å². The molecule has 1 heterocycles. The number of rotatable bonds is 10. The van der Waals surface area contributed by atoms with Gasteiger partial charge in [-0.1, -0.05) is 31.2 Å². The van der Waals surface area contributed by atoms with Crippen LogP contribution in [0.15, 0.2) is 54.9 Å². The zero-order chi connectivity index (χ0) is 23.8. The number of nitrogens with one attached hydrogen (secondary N) is 2. The third-order valence-electron chi connectivity index (χ3n) is 5.28. The predicted octanol–water partition coefficient (Wildman–Crippen LogP) is 3.12. The molecule has 33 heavy (non-hydrogen) atoms. The molecule has 3 N–H and O–H groups in total. The highest BCUT2D eigenvalue weighted by atomic mass is 19.1. The van der Waals surface area contributed by atoms with E-state index in [-0.39, 0.29) is 18.5 Å². The number of aliphatic hydroxyl groups excluding tert-OH is 1. The van der Waals surface area contributed by atoms with Crippen LogP contribution >= 0.6 is 0 Å². The second-order valence-electron chi connectivity index (χ2n) is 7.95. The van der Waals surface area contributed by atoms with Gasteiger partial charge in [0.2, 0.25) is 0 Å². The number of aliphatic hydroxyl groups is 1. The van der Waals surface area contributed by atoms with Gasteiger partial charge in [0, 0.05) is 31.5 Å². The summed E-state index contributed by atoms with van der Waals surface area (Å²) in [5, 5.41) is 16.8. The third kappa shape index (κ3) is 7.40. The molecule has 6 nitrogen and oxygen atoms in total. The molecule has 0 bridgehead atoms. The summed E-state index contributed by atoms with van der Waals surface area (Å²) in [6.07, 6.45) is 2.74. The zero-order valence-corrected chi connectivity index (χ0v) is 18.7. The molecule has 1 aromatic heterocycles. The van der Waals surface area contributed by atoms with E-state index in [4.69, 9.17) is 0 Å². The fourth-order valence-electron chi connectivity index (χ4n) is 3.49. The summed E-state index contributed by atoms with van der Waals surface area (Å²) in [5.41, 5.74) is 2.85. The van der Waals surface area contributed by atoms with Crippen LogP contribution in [-0.4, -0.2) is 39.7 Å². The first-order valence-corrected chi connectivity index (χ1v) is 10.8. The average molecular weight is 455 g/mol. The smallest absolute Gasteiger partial charge is 0.254 e. The Kier molecular flexibility index (Phi) is 8.57. The number of carbonyl (C=O) groups excluding carboxylic acids is 1. The summed E-state index contributed by atoms with van der Waals surface area (Å²) >= 11 is 0. The van der Waals surface area contributed by atoms with E-state index >= 15 is 0 Å². The molecule has 3 rings (SSSR count). The molecule has 0 aliphatic heterocycles. The Morgan fingerprint density at radius 1 is 1.03 bits per heavy atom. The highest BCUT2D eigenvalue weighted by Crippen LogP contribution is 2.13. The summed E-state index contributed by atoms with van der Waals surface area (Å²) in [5.74, 6) is -1.39. The van der Waals surface area contributed by atoms with Crippen molar-refractivity contribution in [1.29, 1.82) is 0 Å². The van der Waals surface area contributed by atoms with E-state index in [2.05, 4.69) is 39.7 Å². The van der Waals surface area contributed by atoms with Gasteiger partial charge in [-0.2, -0.15) is 0 Å². The summed E-state index contributed by atoms with van der Waals surface area (Å²) < 4.78 is 27.4. The van der Waals surface area contributed by atoms with E-state index in [1.165, 1.54) is 30.1 Å². The molecular weight excluding hydrogens is 426 g/mol. The lowest BCUT2D eigenvalue weighted by atomic mass is 10.00. The molecule has 0 radical (unpaired) electrons. The van der Waals surface area contributed by atoms with Crippen LogP contribution in [0.25, 0.3) is 0 Å². The Bertz CT molecular complexity index is 1060. The number of aryl methyl sites for hydroxylation is 2. The normalized spacial score (nSPS) is 12.9. The van der Waals surface area contributed by atoms with Crippen LogP contribution in [0.5, 0.6) is 0 Å². The first-order chi connectivity index (χ1) is 15.8. The fourth-order valence-corrected chi connectivity index (χ4v) is 3.49. The van der Waals surface area contributed by atoms with Gasteiger partial charge in [0.05, 0.1) is 17.7 Å². The van der Waals surface area contributed by atoms with E-state index in [9.17, 15) is 18.7 Å². The molecule has 174 valence electrons. The molecule has 2 unspecified atom stereocenters. The van der Waals surface area contributed by atoms with Crippen molar-refractivity contribution in [3.8, 4) is 0 Å². The molecule has 0 aliphatic rings. The highest BCUT2D eigenvalue weighted by molar-refractivity contribution is 5.93. The maximum atomic E-state index is 13.7. The van der Waals surface area contributed by atoms with E-state index in [1.807, 2.05) is 12.1 Å². The Morgan fingerprint density at radius 3 is 2.36 bits per heavy atom. The molecule has 3 aromatic rings. The minimum absolute atomic E-state index is 0.0430. The van der Waals surface area contributed by atoms with Crippen LogP contribution in [0.2, 0.25) is 0 Å². The van der Waals surface area contributed by atoms with Crippen molar-refractivity contribution < 1.29 is 18.7 Å². The Morgan fingerprint density at radius 2 is 1.70 bits per heavy atom. The molecule has 0 saturated heterocycles.